The highest BCUT2D eigenvalue weighted by molar-refractivity contribution is 5.88. The minimum absolute atomic E-state index is 0. The fraction of sp³-hybridized carbons (Fsp3) is 0.667. The van der Waals surface area contributed by atoms with E-state index in [1.54, 1.807) is 9.58 Å². The van der Waals surface area contributed by atoms with Gasteiger partial charge in [-0.2, -0.15) is 10.2 Å². The zero-order valence-electron chi connectivity index (χ0n) is 17.2. The van der Waals surface area contributed by atoms with Gasteiger partial charge in [-0.05, 0) is 64.9 Å². The van der Waals surface area contributed by atoms with Crippen molar-refractivity contribution in [1.82, 2.24) is 19.6 Å². The molecule has 28 heavy (non-hydrogen) atoms. The van der Waals surface area contributed by atoms with Crippen molar-refractivity contribution < 1.29 is 9.53 Å². The Labute approximate surface area is 168 Å². The third-order valence-electron chi connectivity index (χ3n) is 4.68. The summed E-state index contributed by atoms with van der Waals surface area (Å²) in [5.74, 6) is 0. The van der Waals surface area contributed by atoms with Crippen LogP contribution in [0.25, 0.3) is 0 Å². The van der Waals surface area contributed by atoms with Gasteiger partial charge in [0.15, 0.2) is 0 Å². The van der Waals surface area contributed by atoms with Gasteiger partial charge in [-0.1, -0.05) is 7.43 Å². The second-order valence-electron chi connectivity index (χ2n) is 8.35. The summed E-state index contributed by atoms with van der Waals surface area (Å²) in [5, 5.41) is 8.72. The van der Waals surface area contributed by atoms with Crippen molar-refractivity contribution in [3.05, 3.63) is 29.3 Å². The number of amides is 1. The number of carbonyl (C=O) groups is 1. The summed E-state index contributed by atoms with van der Waals surface area (Å²) in [6.45, 7) is 6.32. The summed E-state index contributed by atoms with van der Waals surface area (Å²) in [7, 11) is 3.86. The minimum Gasteiger partial charge on any atom is -0.443 e. The van der Waals surface area contributed by atoms with Crippen LogP contribution < -0.4 is 4.90 Å². The lowest BCUT2D eigenvalue weighted by molar-refractivity contribution is 0.0578. The molecule has 0 saturated heterocycles. The van der Waals surface area contributed by atoms with E-state index in [0.29, 0.717) is 6.54 Å². The molecule has 7 heteroatoms. The number of nitrogens with zero attached hydrogens (tertiary/aromatic N) is 5. The number of aromatic nitrogens is 4. The lowest BCUT2D eigenvalue weighted by Gasteiger charge is -2.29. The Hall–Kier alpha value is -2.31. The van der Waals surface area contributed by atoms with Gasteiger partial charge < -0.3 is 4.74 Å². The molecule has 156 valence electrons. The molecule has 0 atom stereocenters. The zero-order valence-corrected chi connectivity index (χ0v) is 17.2. The van der Waals surface area contributed by atoms with Crippen molar-refractivity contribution in [3.63, 3.8) is 0 Å². The predicted octanol–water partition coefficient (Wildman–Crippen LogP) is 4.04. The fourth-order valence-corrected chi connectivity index (χ4v) is 3.57. The summed E-state index contributed by atoms with van der Waals surface area (Å²) < 4.78 is 9.06. The SMILES string of the molecule is C.Cn1cc2c(n1)CCCC2.Cn1cc2c(n1)CCCN2C(=O)OC(C)(C)C. The molecule has 0 spiro atoms. The maximum Gasteiger partial charge on any atom is 0.414 e. The molecule has 2 aliphatic rings. The molecule has 0 N–H and O–H groups in total. The van der Waals surface area contributed by atoms with Gasteiger partial charge in [0.25, 0.3) is 0 Å². The van der Waals surface area contributed by atoms with Gasteiger partial charge in [-0.3, -0.25) is 14.3 Å². The molecule has 0 unspecified atom stereocenters. The van der Waals surface area contributed by atoms with E-state index in [9.17, 15) is 4.79 Å². The van der Waals surface area contributed by atoms with Crippen LogP contribution in [0.3, 0.4) is 0 Å². The van der Waals surface area contributed by atoms with Crippen molar-refractivity contribution >= 4 is 11.8 Å². The number of hydrogen-bond acceptors (Lipinski definition) is 4. The Morgan fingerprint density at radius 1 is 0.964 bits per heavy atom. The number of fused-ring (bicyclic) bond motifs is 2. The largest absolute Gasteiger partial charge is 0.443 e. The molecule has 1 amide bonds. The number of aryl methyl sites for hydroxylation is 5. The van der Waals surface area contributed by atoms with Gasteiger partial charge >= 0.3 is 6.09 Å². The Kier molecular flexibility index (Phi) is 6.91. The molecule has 3 heterocycles. The molecule has 0 aromatic carbocycles. The normalized spacial score (nSPS) is 15.5. The Morgan fingerprint density at radius 2 is 1.57 bits per heavy atom. The van der Waals surface area contributed by atoms with Gasteiger partial charge in [0, 0.05) is 33.0 Å². The van der Waals surface area contributed by atoms with E-state index in [-0.39, 0.29) is 13.5 Å². The maximum absolute atomic E-state index is 12.1. The zero-order chi connectivity index (χ0) is 19.6. The summed E-state index contributed by atoms with van der Waals surface area (Å²) >= 11 is 0. The van der Waals surface area contributed by atoms with Crippen LogP contribution in [0.2, 0.25) is 0 Å². The van der Waals surface area contributed by atoms with Crippen LogP contribution in [-0.4, -0.2) is 37.8 Å². The van der Waals surface area contributed by atoms with Gasteiger partial charge in [-0.25, -0.2) is 4.79 Å². The van der Waals surface area contributed by atoms with E-state index >= 15 is 0 Å². The first-order chi connectivity index (χ1) is 12.7. The van der Waals surface area contributed by atoms with Crippen LogP contribution in [-0.2, 0) is 38.1 Å². The van der Waals surface area contributed by atoms with E-state index in [4.69, 9.17) is 4.74 Å². The number of carbonyl (C=O) groups excluding carboxylic acids is 1. The average molecular weight is 390 g/mol. The minimum atomic E-state index is -0.461. The van der Waals surface area contributed by atoms with Crippen LogP contribution in [0.15, 0.2) is 12.4 Å². The molecule has 2 aromatic rings. The third kappa shape index (κ3) is 5.36. The molecule has 1 aliphatic carbocycles. The van der Waals surface area contributed by atoms with Crippen LogP contribution in [0, 0.1) is 0 Å². The summed E-state index contributed by atoms with van der Waals surface area (Å²) in [6, 6.07) is 0. The number of anilines is 1. The smallest absolute Gasteiger partial charge is 0.414 e. The lowest BCUT2D eigenvalue weighted by Crippen LogP contribution is -2.39. The quantitative estimate of drug-likeness (QED) is 0.682. The Morgan fingerprint density at radius 3 is 2.25 bits per heavy atom. The first-order valence-electron chi connectivity index (χ1n) is 9.77. The van der Waals surface area contributed by atoms with E-state index in [2.05, 4.69) is 16.4 Å². The van der Waals surface area contributed by atoms with Gasteiger partial charge in [0.05, 0.1) is 17.1 Å². The van der Waals surface area contributed by atoms with Crippen LogP contribution in [0.5, 0.6) is 0 Å². The monoisotopic (exact) mass is 389 g/mol. The van der Waals surface area contributed by atoms with Crippen molar-refractivity contribution in [1.29, 1.82) is 0 Å². The molecular weight excluding hydrogens is 354 g/mol. The highest BCUT2D eigenvalue weighted by atomic mass is 16.6. The average Bonchev–Trinajstić information content (AvgIpc) is 3.13. The summed E-state index contributed by atoms with van der Waals surface area (Å²) in [4.78, 5) is 13.7. The van der Waals surface area contributed by atoms with E-state index in [1.807, 2.05) is 45.7 Å². The fourth-order valence-electron chi connectivity index (χ4n) is 3.57. The Bertz CT molecular complexity index is 777. The standard InChI is InChI=1S/C12H19N3O2.C8H12N2.CH4/c1-12(2,3)17-11(16)15-7-5-6-9-10(15)8-14(4)13-9;1-10-6-7-4-2-3-5-8(7)9-10;/h8H,5-7H2,1-4H3;6H,2-5H2,1H3;1H4. The first kappa shape index (κ1) is 22.0. The molecule has 0 radical (unpaired) electrons. The second-order valence-corrected chi connectivity index (χ2v) is 8.35. The number of rotatable bonds is 0. The third-order valence-corrected chi connectivity index (χ3v) is 4.68. The molecule has 0 fully saturated rings. The van der Waals surface area contributed by atoms with E-state index in [1.165, 1.54) is 36.9 Å². The lowest BCUT2D eigenvalue weighted by atomic mass is 9.99. The van der Waals surface area contributed by atoms with Gasteiger partial charge in [0.1, 0.15) is 5.60 Å². The predicted molar refractivity (Wildman–Crippen MR) is 112 cm³/mol. The van der Waals surface area contributed by atoms with Crippen LogP contribution in [0.4, 0.5) is 10.5 Å². The maximum atomic E-state index is 12.1. The summed E-state index contributed by atoms with van der Waals surface area (Å²) in [5.41, 5.74) is 4.19. The molecule has 0 bridgehead atoms. The van der Waals surface area contributed by atoms with Gasteiger partial charge in [0.2, 0.25) is 0 Å². The van der Waals surface area contributed by atoms with Crippen molar-refractivity contribution in [2.24, 2.45) is 14.1 Å². The van der Waals surface area contributed by atoms with Crippen molar-refractivity contribution in [3.8, 4) is 0 Å². The van der Waals surface area contributed by atoms with Crippen molar-refractivity contribution in [2.75, 3.05) is 11.4 Å². The Balaban J connectivity index is 0.000000217. The molecule has 0 saturated carbocycles. The summed E-state index contributed by atoms with van der Waals surface area (Å²) in [6.07, 6.45) is 10.7. The highest BCUT2D eigenvalue weighted by Crippen LogP contribution is 2.27. The molecule has 4 rings (SSSR count). The number of hydrogen-bond donors (Lipinski definition) is 0. The molecule has 7 nitrogen and oxygen atoms in total. The van der Waals surface area contributed by atoms with E-state index < -0.39 is 5.60 Å². The number of ether oxygens (including phenoxy) is 1. The highest BCUT2D eigenvalue weighted by Gasteiger charge is 2.28. The molecular formula is C21H35N5O2. The molecule has 2 aromatic heterocycles. The first-order valence-corrected chi connectivity index (χ1v) is 9.77. The van der Waals surface area contributed by atoms with Gasteiger partial charge in [-0.15, -0.1) is 0 Å². The second kappa shape index (κ2) is 8.80. The van der Waals surface area contributed by atoms with Crippen molar-refractivity contribution in [2.45, 2.75) is 72.3 Å². The van der Waals surface area contributed by atoms with Crippen LogP contribution in [0.1, 0.15) is 64.4 Å². The molecule has 1 aliphatic heterocycles. The van der Waals surface area contributed by atoms with Crippen LogP contribution >= 0.6 is 0 Å². The van der Waals surface area contributed by atoms with E-state index in [0.717, 1.165) is 24.2 Å². The topological polar surface area (TPSA) is 65.2 Å².